The minimum atomic E-state index is -3.80. The molecule has 0 amide bonds. The number of halogens is 2. The van der Waals surface area contributed by atoms with E-state index < -0.39 is 42.5 Å². The van der Waals surface area contributed by atoms with Crippen molar-refractivity contribution in [3.63, 3.8) is 0 Å². The average Bonchev–Trinajstić information content (AvgIpc) is 1.99. The molecule has 0 heterocycles. The van der Waals surface area contributed by atoms with Gasteiger partial charge in [-0.1, -0.05) is 0 Å². The zero-order valence-corrected chi connectivity index (χ0v) is 7.02. The van der Waals surface area contributed by atoms with Crippen LogP contribution >= 0.6 is 0 Å². The molecule has 0 saturated heterocycles. The van der Waals surface area contributed by atoms with Crippen molar-refractivity contribution in [2.75, 3.05) is 0 Å². The van der Waals surface area contributed by atoms with Crippen molar-refractivity contribution in [3.05, 3.63) is 0 Å². The molecule has 0 radical (unpaired) electrons. The molecular formula is C7H10F2O5. The summed E-state index contributed by atoms with van der Waals surface area (Å²) in [6.45, 7) is 0. The fraction of sp³-hybridized carbons (Fsp3) is 0.857. The Morgan fingerprint density at radius 1 is 1.36 bits per heavy atom. The van der Waals surface area contributed by atoms with Crippen LogP contribution in [0, 0.1) is 0 Å². The zero-order valence-electron chi connectivity index (χ0n) is 7.02. The van der Waals surface area contributed by atoms with Gasteiger partial charge in [-0.3, -0.25) is 0 Å². The van der Waals surface area contributed by atoms with Crippen molar-refractivity contribution >= 4 is 5.97 Å². The molecule has 1 saturated carbocycles. The summed E-state index contributed by atoms with van der Waals surface area (Å²) >= 11 is 0. The molecule has 4 N–H and O–H groups in total. The molecule has 1 fully saturated rings. The van der Waals surface area contributed by atoms with Gasteiger partial charge in [-0.15, -0.1) is 0 Å². The number of carboxylic acids is 1. The van der Waals surface area contributed by atoms with Gasteiger partial charge in [0.1, 0.15) is 6.10 Å². The Bertz CT molecular complexity index is 256. The molecule has 5 nitrogen and oxygen atoms in total. The van der Waals surface area contributed by atoms with E-state index in [0.717, 1.165) is 0 Å². The van der Waals surface area contributed by atoms with Crippen molar-refractivity contribution in [2.45, 2.75) is 36.6 Å². The first-order chi connectivity index (χ1) is 6.19. The van der Waals surface area contributed by atoms with Crippen LogP contribution in [0.2, 0.25) is 0 Å². The lowest BCUT2D eigenvalue weighted by Crippen LogP contribution is -2.59. The summed E-state index contributed by atoms with van der Waals surface area (Å²) in [5.41, 5.74) is -2.68. The minimum Gasteiger partial charge on any atom is -0.479 e. The molecule has 0 bridgehead atoms. The summed E-state index contributed by atoms with van der Waals surface area (Å²) in [4.78, 5) is 10.4. The molecule has 0 aromatic carbocycles. The second-order valence-corrected chi connectivity index (χ2v) is 3.49. The first kappa shape index (κ1) is 11.3. The van der Waals surface area contributed by atoms with Gasteiger partial charge in [-0.05, 0) is 0 Å². The van der Waals surface area contributed by atoms with E-state index in [9.17, 15) is 18.7 Å². The second kappa shape index (κ2) is 3.11. The Hall–Kier alpha value is -0.790. The molecule has 3 atom stereocenters. The maximum atomic E-state index is 12.9. The molecule has 0 spiro atoms. The SMILES string of the molecule is O=C(O)[C@@]1(O)CC(O)C(O)C(F)(F)C1. The first-order valence-electron chi connectivity index (χ1n) is 3.89. The van der Waals surface area contributed by atoms with Crippen molar-refractivity contribution in [1.82, 2.24) is 0 Å². The number of alkyl halides is 2. The third-order valence-electron chi connectivity index (χ3n) is 2.27. The number of hydrogen-bond acceptors (Lipinski definition) is 4. The Kier molecular flexibility index (Phi) is 2.51. The summed E-state index contributed by atoms with van der Waals surface area (Å²) in [7, 11) is 0. The molecule has 7 heteroatoms. The van der Waals surface area contributed by atoms with Crippen LogP contribution in [0.4, 0.5) is 8.78 Å². The molecule has 1 aliphatic carbocycles. The van der Waals surface area contributed by atoms with Crippen molar-refractivity contribution in [3.8, 4) is 0 Å². The molecule has 14 heavy (non-hydrogen) atoms. The number of carbonyl (C=O) groups is 1. The number of carboxylic acid groups (broad SMARTS) is 1. The number of aliphatic carboxylic acids is 1. The number of rotatable bonds is 1. The van der Waals surface area contributed by atoms with Gasteiger partial charge in [0.05, 0.1) is 12.5 Å². The van der Waals surface area contributed by atoms with Crippen LogP contribution in [0.5, 0.6) is 0 Å². The quantitative estimate of drug-likeness (QED) is 0.444. The van der Waals surface area contributed by atoms with Gasteiger partial charge in [0, 0.05) is 6.42 Å². The minimum absolute atomic E-state index is 0.806. The van der Waals surface area contributed by atoms with Gasteiger partial charge in [0.25, 0.3) is 5.92 Å². The largest absolute Gasteiger partial charge is 0.479 e. The molecule has 2 unspecified atom stereocenters. The Labute approximate surface area is 77.6 Å². The normalized spacial score (nSPS) is 42.1. The van der Waals surface area contributed by atoms with Gasteiger partial charge in [-0.2, -0.15) is 0 Å². The Morgan fingerprint density at radius 2 is 1.86 bits per heavy atom. The molecule has 0 aromatic heterocycles. The van der Waals surface area contributed by atoms with Gasteiger partial charge in [0.15, 0.2) is 5.60 Å². The average molecular weight is 212 g/mol. The molecule has 0 aromatic rings. The van der Waals surface area contributed by atoms with E-state index in [1.165, 1.54) is 0 Å². The third-order valence-corrected chi connectivity index (χ3v) is 2.27. The van der Waals surface area contributed by atoms with Crippen LogP contribution in [0.25, 0.3) is 0 Å². The van der Waals surface area contributed by atoms with Gasteiger partial charge < -0.3 is 20.4 Å². The van der Waals surface area contributed by atoms with E-state index in [4.69, 9.17) is 15.3 Å². The van der Waals surface area contributed by atoms with E-state index >= 15 is 0 Å². The summed E-state index contributed by atoms with van der Waals surface area (Å²) in [5.74, 6) is -5.63. The van der Waals surface area contributed by atoms with E-state index in [1.54, 1.807) is 0 Å². The third kappa shape index (κ3) is 1.70. The maximum Gasteiger partial charge on any atom is 0.336 e. The van der Waals surface area contributed by atoms with Gasteiger partial charge in [0.2, 0.25) is 0 Å². The molecule has 82 valence electrons. The highest BCUT2D eigenvalue weighted by atomic mass is 19.3. The lowest BCUT2D eigenvalue weighted by Gasteiger charge is -2.39. The number of aliphatic hydroxyl groups is 3. The first-order valence-corrected chi connectivity index (χ1v) is 3.89. The topological polar surface area (TPSA) is 98.0 Å². The predicted molar refractivity (Wildman–Crippen MR) is 38.8 cm³/mol. The van der Waals surface area contributed by atoms with E-state index in [0.29, 0.717) is 0 Å². The summed E-state index contributed by atoms with van der Waals surface area (Å²) in [5, 5.41) is 35.4. The van der Waals surface area contributed by atoms with Crippen molar-refractivity contribution < 1.29 is 34.0 Å². The van der Waals surface area contributed by atoms with Crippen LogP contribution < -0.4 is 0 Å². The standard InChI is InChI=1S/C7H10F2O5/c8-7(9)2-6(14,5(12)13)1-3(10)4(7)11/h3-4,10-11,14H,1-2H2,(H,12,13)/t3?,4?,6-/m1/s1. The monoisotopic (exact) mass is 212 g/mol. The van der Waals surface area contributed by atoms with Gasteiger partial charge in [-0.25, -0.2) is 13.6 Å². The highest BCUT2D eigenvalue weighted by Crippen LogP contribution is 2.39. The number of aliphatic hydroxyl groups excluding tert-OH is 2. The molecule has 1 aliphatic rings. The molecule has 1 rings (SSSR count). The summed E-state index contributed by atoms with van der Waals surface area (Å²) in [6.07, 6.45) is -6.48. The van der Waals surface area contributed by atoms with Crippen LogP contribution in [-0.2, 0) is 4.79 Å². The van der Waals surface area contributed by atoms with E-state index in [-0.39, 0.29) is 0 Å². The van der Waals surface area contributed by atoms with E-state index in [1.807, 2.05) is 0 Å². The molecule has 0 aliphatic heterocycles. The van der Waals surface area contributed by atoms with Crippen LogP contribution in [0.1, 0.15) is 12.8 Å². The van der Waals surface area contributed by atoms with Crippen molar-refractivity contribution in [1.29, 1.82) is 0 Å². The highest BCUT2D eigenvalue weighted by Gasteiger charge is 2.58. The summed E-state index contributed by atoms with van der Waals surface area (Å²) in [6, 6.07) is 0. The fourth-order valence-electron chi connectivity index (χ4n) is 1.47. The van der Waals surface area contributed by atoms with Gasteiger partial charge >= 0.3 is 5.97 Å². The Balaban J connectivity index is 2.94. The maximum absolute atomic E-state index is 12.9. The van der Waals surface area contributed by atoms with E-state index in [2.05, 4.69) is 0 Å². The Morgan fingerprint density at radius 3 is 2.21 bits per heavy atom. The zero-order chi connectivity index (χ0) is 11.1. The summed E-state index contributed by atoms with van der Waals surface area (Å²) < 4.78 is 25.7. The van der Waals surface area contributed by atoms with Crippen LogP contribution in [0.3, 0.4) is 0 Å². The second-order valence-electron chi connectivity index (χ2n) is 3.49. The molecular weight excluding hydrogens is 202 g/mol. The smallest absolute Gasteiger partial charge is 0.336 e. The van der Waals surface area contributed by atoms with Crippen molar-refractivity contribution in [2.24, 2.45) is 0 Å². The predicted octanol–water partition coefficient (Wildman–Crippen LogP) is -1.05. The fourth-order valence-corrected chi connectivity index (χ4v) is 1.47. The number of hydrogen-bond donors (Lipinski definition) is 4. The lowest BCUT2D eigenvalue weighted by atomic mass is 9.79. The van der Waals surface area contributed by atoms with Crippen LogP contribution in [0.15, 0.2) is 0 Å². The van der Waals surface area contributed by atoms with Crippen LogP contribution in [-0.4, -0.2) is 50.1 Å². The highest BCUT2D eigenvalue weighted by molar-refractivity contribution is 5.77. The lowest BCUT2D eigenvalue weighted by molar-refractivity contribution is -0.230.